The van der Waals surface area contributed by atoms with Gasteiger partial charge in [-0.1, -0.05) is 6.07 Å². The highest BCUT2D eigenvalue weighted by atomic mass is 79.9. The third kappa shape index (κ3) is 1.75. The van der Waals surface area contributed by atoms with E-state index in [1.54, 1.807) is 0 Å². The molecular weight excluding hydrogens is 260 g/mol. The molecular formula is C10H9BrN2S. The molecule has 1 aliphatic heterocycles. The molecule has 4 heteroatoms. The van der Waals surface area contributed by atoms with Crippen LogP contribution in [0.15, 0.2) is 22.7 Å². The van der Waals surface area contributed by atoms with Crippen molar-refractivity contribution in [1.29, 1.82) is 5.26 Å². The Labute approximate surface area is 96.0 Å². The maximum atomic E-state index is 9.05. The fourth-order valence-electron chi connectivity index (χ4n) is 1.49. The third-order valence-corrected chi connectivity index (χ3v) is 3.82. The van der Waals surface area contributed by atoms with E-state index in [1.165, 1.54) is 0 Å². The molecule has 1 saturated heterocycles. The van der Waals surface area contributed by atoms with Crippen LogP contribution >= 0.6 is 27.7 Å². The monoisotopic (exact) mass is 268 g/mol. The second-order valence-corrected chi connectivity index (χ2v) is 4.98. The summed E-state index contributed by atoms with van der Waals surface area (Å²) in [4.78, 5) is 2.24. The van der Waals surface area contributed by atoms with Crippen molar-refractivity contribution in [2.45, 2.75) is 0 Å². The summed E-state index contributed by atoms with van der Waals surface area (Å²) in [5, 5.41) is 9.05. The zero-order valence-electron chi connectivity index (χ0n) is 7.53. The number of hydrogen-bond acceptors (Lipinski definition) is 3. The summed E-state index contributed by atoms with van der Waals surface area (Å²) in [6, 6.07) is 8.14. The van der Waals surface area contributed by atoms with Gasteiger partial charge in [-0.05, 0) is 28.1 Å². The number of thioether (sulfide) groups is 1. The summed E-state index contributed by atoms with van der Waals surface area (Å²) >= 11 is 5.30. The van der Waals surface area contributed by atoms with Crippen LogP contribution in [0.5, 0.6) is 0 Å². The summed E-state index contributed by atoms with van der Waals surface area (Å²) in [7, 11) is 0. The summed E-state index contributed by atoms with van der Waals surface area (Å²) < 4.78 is 0.884. The summed E-state index contributed by atoms with van der Waals surface area (Å²) in [5.41, 5.74) is 1.79. The number of halogens is 1. The molecule has 1 heterocycles. The largest absolute Gasteiger partial charge is 0.360 e. The number of nitriles is 1. The van der Waals surface area contributed by atoms with Crippen molar-refractivity contribution in [3.05, 3.63) is 28.2 Å². The quantitative estimate of drug-likeness (QED) is 0.784. The van der Waals surface area contributed by atoms with Gasteiger partial charge in [0.1, 0.15) is 6.07 Å². The Balaban J connectivity index is 2.42. The fourth-order valence-corrected chi connectivity index (χ4v) is 2.90. The van der Waals surface area contributed by atoms with Crippen molar-refractivity contribution in [3.63, 3.8) is 0 Å². The molecule has 0 unspecified atom stereocenters. The Kier molecular flexibility index (Phi) is 2.99. The number of rotatable bonds is 1. The van der Waals surface area contributed by atoms with Gasteiger partial charge in [0.25, 0.3) is 0 Å². The van der Waals surface area contributed by atoms with Crippen LogP contribution in [0, 0.1) is 11.3 Å². The number of anilines is 1. The van der Waals surface area contributed by atoms with Gasteiger partial charge in [0, 0.05) is 16.8 Å². The van der Waals surface area contributed by atoms with Crippen LogP contribution in [0.25, 0.3) is 0 Å². The minimum atomic E-state index is 0.745. The van der Waals surface area contributed by atoms with Crippen LogP contribution < -0.4 is 4.90 Å². The van der Waals surface area contributed by atoms with E-state index in [0.717, 1.165) is 33.9 Å². The van der Waals surface area contributed by atoms with Gasteiger partial charge in [0.15, 0.2) is 0 Å². The maximum absolute atomic E-state index is 9.05. The zero-order valence-corrected chi connectivity index (χ0v) is 9.94. The lowest BCUT2D eigenvalue weighted by molar-refractivity contribution is 0.990. The predicted molar refractivity (Wildman–Crippen MR) is 63.5 cm³/mol. The van der Waals surface area contributed by atoms with Crippen molar-refractivity contribution in [2.24, 2.45) is 0 Å². The molecule has 72 valence electrons. The van der Waals surface area contributed by atoms with Gasteiger partial charge in [-0.2, -0.15) is 5.26 Å². The normalized spacial score (nSPS) is 15.6. The standard InChI is InChI=1S/C10H9BrN2S/c11-9-2-1-3-10(8(9)6-12)13-4-5-14-7-13/h1-3H,4-5,7H2. The van der Waals surface area contributed by atoms with Crippen molar-refractivity contribution >= 4 is 33.4 Å². The lowest BCUT2D eigenvalue weighted by Gasteiger charge is -2.18. The Morgan fingerprint density at radius 1 is 1.50 bits per heavy atom. The number of nitrogens with zero attached hydrogens (tertiary/aromatic N) is 2. The molecule has 14 heavy (non-hydrogen) atoms. The highest BCUT2D eigenvalue weighted by Gasteiger charge is 2.16. The first-order chi connectivity index (χ1) is 6.83. The van der Waals surface area contributed by atoms with E-state index in [1.807, 2.05) is 30.0 Å². The van der Waals surface area contributed by atoms with Crippen molar-refractivity contribution in [2.75, 3.05) is 23.1 Å². The Morgan fingerprint density at radius 2 is 2.36 bits per heavy atom. The lowest BCUT2D eigenvalue weighted by Crippen LogP contribution is -2.19. The fraction of sp³-hybridized carbons (Fsp3) is 0.300. The molecule has 0 spiro atoms. The Hall–Kier alpha value is -0.660. The lowest BCUT2D eigenvalue weighted by atomic mass is 10.2. The smallest absolute Gasteiger partial charge is 0.103 e. The molecule has 1 aromatic carbocycles. The van der Waals surface area contributed by atoms with Crippen molar-refractivity contribution in [1.82, 2.24) is 0 Å². The molecule has 2 rings (SSSR count). The van der Waals surface area contributed by atoms with E-state index in [0.29, 0.717) is 0 Å². The first-order valence-electron chi connectivity index (χ1n) is 4.34. The minimum Gasteiger partial charge on any atom is -0.360 e. The molecule has 0 bridgehead atoms. The Morgan fingerprint density at radius 3 is 3.00 bits per heavy atom. The average molecular weight is 269 g/mol. The predicted octanol–water partition coefficient (Wildman–Crippen LogP) is 2.83. The first kappa shape index (κ1) is 9.88. The highest BCUT2D eigenvalue weighted by Crippen LogP contribution is 2.30. The molecule has 0 aliphatic carbocycles. The minimum absolute atomic E-state index is 0.745. The summed E-state index contributed by atoms with van der Waals surface area (Å²) in [5.74, 6) is 2.14. The van der Waals surface area contributed by atoms with Gasteiger partial charge in [-0.3, -0.25) is 0 Å². The van der Waals surface area contributed by atoms with Crippen molar-refractivity contribution < 1.29 is 0 Å². The van der Waals surface area contributed by atoms with Gasteiger partial charge in [0.2, 0.25) is 0 Å². The second kappa shape index (κ2) is 4.24. The van der Waals surface area contributed by atoms with Gasteiger partial charge < -0.3 is 4.90 Å². The van der Waals surface area contributed by atoms with E-state index < -0.39 is 0 Å². The van der Waals surface area contributed by atoms with Gasteiger partial charge in [-0.25, -0.2) is 0 Å². The molecule has 0 aromatic heterocycles. The van der Waals surface area contributed by atoms with E-state index in [9.17, 15) is 0 Å². The molecule has 0 saturated carbocycles. The van der Waals surface area contributed by atoms with E-state index in [-0.39, 0.29) is 0 Å². The van der Waals surface area contributed by atoms with Crippen molar-refractivity contribution in [3.8, 4) is 6.07 Å². The molecule has 0 radical (unpaired) electrons. The number of benzene rings is 1. The SMILES string of the molecule is N#Cc1c(Br)cccc1N1CCSC1. The third-order valence-electron chi connectivity index (χ3n) is 2.20. The number of hydrogen-bond donors (Lipinski definition) is 0. The summed E-state index contributed by atoms with van der Waals surface area (Å²) in [6.45, 7) is 1.04. The molecule has 1 aliphatic rings. The van der Waals surface area contributed by atoms with Crippen LogP contribution in [0.4, 0.5) is 5.69 Å². The topological polar surface area (TPSA) is 27.0 Å². The molecule has 2 nitrogen and oxygen atoms in total. The van der Waals surface area contributed by atoms with Crippen LogP contribution in [0.2, 0.25) is 0 Å². The summed E-state index contributed by atoms with van der Waals surface area (Å²) in [6.07, 6.45) is 0. The van der Waals surface area contributed by atoms with Crippen LogP contribution in [0.3, 0.4) is 0 Å². The highest BCUT2D eigenvalue weighted by molar-refractivity contribution is 9.10. The van der Waals surface area contributed by atoms with E-state index in [4.69, 9.17) is 5.26 Å². The molecule has 0 N–H and O–H groups in total. The van der Waals surface area contributed by atoms with E-state index in [2.05, 4.69) is 26.9 Å². The van der Waals surface area contributed by atoms with Crippen LogP contribution in [-0.4, -0.2) is 18.2 Å². The van der Waals surface area contributed by atoms with Gasteiger partial charge in [0.05, 0.1) is 17.1 Å². The van der Waals surface area contributed by atoms with Gasteiger partial charge >= 0.3 is 0 Å². The molecule has 0 atom stereocenters. The first-order valence-corrected chi connectivity index (χ1v) is 6.29. The Bertz CT molecular complexity index is 380. The molecule has 1 aromatic rings. The molecule has 1 fully saturated rings. The van der Waals surface area contributed by atoms with Gasteiger partial charge in [-0.15, -0.1) is 11.8 Å². The zero-order chi connectivity index (χ0) is 9.97. The van der Waals surface area contributed by atoms with E-state index >= 15 is 0 Å². The maximum Gasteiger partial charge on any atom is 0.103 e. The average Bonchev–Trinajstić information content (AvgIpc) is 2.70. The van der Waals surface area contributed by atoms with Crippen LogP contribution in [0.1, 0.15) is 5.56 Å². The van der Waals surface area contributed by atoms with Crippen LogP contribution in [-0.2, 0) is 0 Å². The second-order valence-electron chi connectivity index (χ2n) is 3.05. The molecule has 0 amide bonds.